The average Bonchev–Trinajstić information content (AvgIpc) is 3.30. The number of carbonyl (C=O) groups excluding carboxylic acids is 1. The Hall–Kier alpha value is -4.10. The second-order valence-electron chi connectivity index (χ2n) is 7.43. The number of halogens is 1. The van der Waals surface area contributed by atoms with Crippen LogP contribution in [0.5, 0.6) is 0 Å². The summed E-state index contributed by atoms with van der Waals surface area (Å²) in [5.74, 6) is -1.35. The number of nitrogens with two attached hydrogens (primary N) is 1. The number of amides is 1. The molecule has 168 valence electrons. The normalized spacial score (nSPS) is 11.3. The zero-order valence-corrected chi connectivity index (χ0v) is 18.6. The summed E-state index contributed by atoms with van der Waals surface area (Å²) in [4.78, 5) is 16.4. The van der Waals surface area contributed by atoms with Crippen LogP contribution in [0.1, 0.15) is 24.5 Å². The molecule has 3 aromatic rings. The van der Waals surface area contributed by atoms with Gasteiger partial charge in [0.05, 0.1) is 28.3 Å². The molecule has 0 saturated heterocycles. The number of nitriles is 1. The van der Waals surface area contributed by atoms with Gasteiger partial charge in [-0.2, -0.15) is 5.26 Å². The Morgan fingerprint density at radius 1 is 1.33 bits per heavy atom. The van der Waals surface area contributed by atoms with E-state index in [0.717, 1.165) is 17.3 Å². The summed E-state index contributed by atoms with van der Waals surface area (Å²) in [7, 11) is 0. The molecule has 0 fully saturated rings. The van der Waals surface area contributed by atoms with Crippen molar-refractivity contribution >= 4 is 40.2 Å². The molecule has 0 aliphatic rings. The molecule has 1 unspecified atom stereocenters. The number of thiocarbonyl (C=S) groups is 1. The monoisotopic (exact) mass is 463 g/mol. The Morgan fingerprint density at radius 2 is 2.06 bits per heavy atom. The van der Waals surface area contributed by atoms with Crippen molar-refractivity contribution in [1.82, 2.24) is 9.55 Å². The van der Waals surface area contributed by atoms with Crippen LogP contribution in [-0.2, 0) is 11.2 Å². The molecule has 0 aliphatic carbocycles. The molecule has 1 aromatic heterocycles. The third kappa shape index (κ3) is 6.21. The van der Waals surface area contributed by atoms with Gasteiger partial charge < -0.3 is 26.3 Å². The van der Waals surface area contributed by atoms with E-state index >= 15 is 0 Å². The second-order valence-corrected chi connectivity index (χ2v) is 7.93. The Kier molecular flexibility index (Phi) is 7.48. The van der Waals surface area contributed by atoms with E-state index in [1.54, 1.807) is 19.4 Å². The first-order valence-electron chi connectivity index (χ1n) is 9.97. The zero-order chi connectivity index (χ0) is 24.0. The van der Waals surface area contributed by atoms with Crippen LogP contribution in [0.15, 0.2) is 55.1 Å². The Balaban J connectivity index is 1.80. The van der Waals surface area contributed by atoms with Crippen LogP contribution in [0.2, 0.25) is 0 Å². The molecule has 33 heavy (non-hydrogen) atoms. The van der Waals surface area contributed by atoms with Crippen LogP contribution >= 0.6 is 12.2 Å². The number of imidazole rings is 1. The first-order valence-corrected chi connectivity index (χ1v) is 10.4. The maximum atomic E-state index is 14.7. The summed E-state index contributed by atoms with van der Waals surface area (Å²) in [6.07, 6.45) is 5.61. The highest BCUT2D eigenvalue weighted by Crippen LogP contribution is 2.26. The van der Waals surface area contributed by atoms with Gasteiger partial charge in [0.2, 0.25) is 5.91 Å². The lowest BCUT2D eigenvalue weighted by Gasteiger charge is -2.19. The molecule has 1 atom stereocenters. The van der Waals surface area contributed by atoms with Crippen LogP contribution in [0.4, 0.5) is 15.8 Å². The topological polar surface area (TPSA) is 133 Å². The van der Waals surface area contributed by atoms with E-state index in [-0.39, 0.29) is 29.8 Å². The molecule has 2 aromatic carbocycles. The Bertz CT molecular complexity index is 1220. The molecule has 0 radical (unpaired) electrons. The van der Waals surface area contributed by atoms with Crippen molar-refractivity contribution in [2.24, 2.45) is 5.73 Å². The molecule has 8 nitrogen and oxygen atoms in total. The average molecular weight is 464 g/mol. The maximum absolute atomic E-state index is 14.7. The summed E-state index contributed by atoms with van der Waals surface area (Å²) in [5, 5.41) is 22.6. The first kappa shape index (κ1) is 23.6. The molecule has 1 heterocycles. The predicted octanol–water partition coefficient (Wildman–Crippen LogP) is 3.56. The summed E-state index contributed by atoms with van der Waals surface area (Å²) < 4.78 is 16.5. The van der Waals surface area contributed by atoms with Gasteiger partial charge in [0.15, 0.2) is 0 Å². The molecule has 5 N–H and O–H groups in total. The number of nitrogens with zero attached hydrogens (tertiary/aromatic N) is 3. The molecule has 3 rings (SSSR count). The number of hydrogen-bond acceptors (Lipinski definition) is 6. The number of rotatable bonds is 9. The van der Waals surface area contributed by atoms with Gasteiger partial charge in [-0.15, -0.1) is 0 Å². The Morgan fingerprint density at radius 3 is 2.64 bits per heavy atom. The molecular weight excluding hydrogens is 441 g/mol. The first-order chi connectivity index (χ1) is 15.8. The smallest absolute Gasteiger partial charge is 0.240 e. The fourth-order valence-corrected chi connectivity index (χ4v) is 3.50. The van der Waals surface area contributed by atoms with E-state index in [2.05, 4.69) is 15.6 Å². The molecule has 10 heteroatoms. The van der Waals surface area contributed by atoms with E-state index in [9.17, 15) is 14.4 Å². The number of carbonyl (C=O) groups is 1. The zero-order valence-electron chi connectivity index (χ0n) is 17.8. The number of nitrogens with one attached hydrogen (secondary N) is 3. The van der Waals surface area contributed by atoms with Gasteiger partial charge in [-0.25, -0.2) is 9.37 Å². The standard InChI is InChI=1S/C23H22FN7OS/c1-14(26)8-22(33)30-19-11-20(18(24)10-16(19)12-25)29-21(23(27)32)9-15-2-4-17(5-3-15)31-7-6-28-13-31/h2-7,10-11,13,21,26,29H,8-9H2,1H3,(H2,27,32)(H,30,33). The lowest BCUT2D eigenvalue weighted by atomic mass is 10.0. The van der Waals surface area contributed by atoms with Gasteiger partial charge in [0, 0.05) is 36.6 Å². The molecular formula is C23H22FN7OS. The summed E-state index contributed by atoms with van der Waals surface area (Å²) >= 11 is 5.20. The quantitative estimate of drug-likeness (QED) is 0.283. The van der Waals surface area contributed by atoms with Crippen molar-refractivity contribution in [3.8, 4) is 11.8 Å². The van der Waals surface area contributed by atoms with E-state index in [1.165, 1.54) is 6.07 Å². The summed E-state index contributed by atoms with van der Waals surface area (Å²) in [6.45, 7) is 1.61. The molecule has 0 spiro atoms. The number of benzene rings is 2. The van der Waals surface area contributed by atoms with Crippen molar-refractivity contribution in [2.75, 3.05) is 10.6 Å². The number of primary amides is 1. The van der Waals surface area contributed by atoms with Gasteiger partial charge in [0.25, 0.3) is 0 Å². The van der Waals surface area contributed by atoms with Gasteiger partial charge >= 0.3 is 0 Å². The van der Waals surface area contributed by atoms with Crippen LogP contribution < -0.4 is 16.4 Å². The van der Waals surface area contributed by atoms with E-state index in [4.69, 9.17) is 23.4 Å². The van der Waals surface area contributed by atoms with Crippen molar-refractivity contribution in [3.05, 3.63) is 72.1 Å². The van der Waals surface area contributed by atoms with Gasteiger partial charge in [-0.1, -0.05) is 24.4 Å². The van der Waals surface area contributed by atoms with Crippen LogP contribution in [0, 0.1) is 22.6 Å². The Labute approximate surface area is 195 Å². The summed E-state index contributed by atoms with van der Waals surface area (Å²) in [6, 6.07) is 10.9. The minimum atomic E-state index is -0.893. The maximum Gasteiger partial charge on any atom is 0.240 e. The highest BCUT2D eigenvalue weighted by molar-refractivity contribution is 7.80. The lowest BCUT2D eigenvalue weighted by Crippen LogP contribution is -2.37. The van der Waals surface area contributed by atoms with E-state index in [1.807, 2.05) is 41.1 Å². The minimum Gasteiger partial charge on any atom is -0.371 e. The highest BCUT2D eigenvalue weighted by atomic mass is 32.1. The largest absolute Gasteiger partial charge is 0.371 e. The third-order valence-electron chi connectivity index (χ3n) is 4.78. The fraction of sp³-hybridized carbons (Fsp3) is 0.174. The predicted molar refractivity (Wildman–Crippen MR) is 129 cm³/mol. The third-order valence-corrected chi connectivity index (χ3v) is 5.03. The van der Waals surface area contributed by atoms with Crippen molar-refractivity contribution in [3.63, 3.8) is 0 Å². The molecule has 0 bridgehead atoms. The van der Waals surface area contributed by atoms with Crippen molar-refractivity contribution in [2.45, 2.75) is 25.8 Å². The second kappa shape index (κ2) is 10.5. The molecule has 1 amide bonds. The van der Waals surface area contributed by atoms with E-state index < -0.39 is 17.8 Å². The van der Waals surface area contributed by atoms with Crippen LogP contribution in [0.25, 0.3) is 5.69 Å². The summed E-state index contributed by atoms with van der Waals surface area (Å²) in [5.41, 5.74) is 7.98. The van der Waals surface area contributed by atoms with Crippen molar-refractivity contribution < 1.29 is 9.18 Å². The number of anilines is 2. The number of hydrogen-bond donors (Lipinski definition) is 4. The van der Waals surface area contributed by atoms with Crippen LogP contribution in [0.3, 0.4) is 0 Å². The van der Waals surface area contributed by atoms with Gasteiger partial charge in [0.1, 0.15) is 17.9 Å². The fourth-order valence-electron chi connectivity index (χ4n) is 3.18. The van der Waals surface area contributed by atoms with Crippen LogP contribution in [-0.4, -0.2) is 32.2 Å². The SMILES string of the molecule is CC(=N)CC(=S)Nc1cc(NC(Cc2ccc(-n3ccnc3)cc2)C(N)=O)c(F)cc1C#N. The van der Waals surface area contributed by atoms with Gasteiger partial charge in [-0.05, 0) is 36.8 Å². The lowest BCUT2D eigenvalue weighted by molar-refractivity contribution is -0.118. The molecule has 0 saturated carbocycles. The van der Waals surface area contributed by atoms with Gasteiger partial charge in [-0.3, -0.25) is 4.79 Å². The van der Waals surface area contributed by atoms with E-state index in [0.29, 0.717) is 10.7 Å². The van der Waals surface area contributed by atoms with Crippen molar-refractivity contribution in [1.29, 1.82) is 10.7 Å². The highest BCUT2D eigenvalue weighted by Gasteiger charge is 2.19. The molecule has 0 aliphatic heterocycles. The minimum absolute atomic E-state index is 0.00436. The number of aromatic nitrogens is 2.